The highest BCUT2D eigenvalue weighted by Gasteiger charge is 2.32. The first-order valence-corrected chi connectivity index (χ1v) is 15.1. The zero-order chi connectivity index (χ0) is 29.3. The van der Waals surface area contributed by atoms with E-state index >= 15 is 0 Å². The lowest BCUT2D eigenvalue weighted by Crippen LogP contribution is -2.54. The second-order valence-corrected chi connectivity index (χ2v) is 12.8. The summed E-state index contributed by atoms with van der Waals surface area (Å²) >= 11 is 0. The van der Waals surface area contributed by atoms with Crippen LogP contribution in [0.4, 0.5) is 10.1 Å². The number of halogens is 1. The molecule has 0 aliphatic rings. The van der Waals surface area contributed by atoms with Crippen LogP contribution in [0, 0.1) is 5.82 Å². The van der Waals surface area contributed by atoms with Crippen LogP contribution in [-0.2, 0) is 32.6 Å². The fourth-order valence-corrected chi connectivity index (χ4v) is 5.36. The van der Waals surface area contributed by atoms with E-state index in [2.05, 4.69) is 5.32 Å². The number of nitrogens with zero attached hydrogens (tertiary/aromatic N) is 2. The minimum Gasteiger partial charge on any atom is -0.350 e. The maximum atomic E-state index is 13.8. The minimum absolute atomic E-state index is 0.0220. The van der Waals surface area contributed by atoms with E-state index in [1.165, 1.54) is 24.3 Å². The largest absolute Gasteiger partial charge is 0.350 e. The number of carbonyl (C=O) groups is 2. The van der Waals surface area contributed by atoms with Crippen molar-refractivity contribution < 1.29 is 22.4 Å². The standard InChI is InChI=1S/C31H38FN3O4S/c1-31(2,3)33-30(37)28(22-24-12-7-5-8-13-24)34(23-25-14-9-6-10-15-25)29(36)16-11-21-35(40(4,38)39)27-19-17-26(32)18-20-27/h5-10,12-15,17-20,28H,11,16,21-23H2,1-4H3,(H,33,37). The molecule has 2 amide bonds. The summed E-state index contributed by atoms with van der Waals surface area (Å²) in [6, 6.07) is 23.4. The smallest absolute Gasteiger partial charge is 0.243 e. The molecule has 7 nitrogen and oxygen atoms in total. The quantitative estimate of drug-likeness (QED) is 0.336. The van der Waals surface area contributed by atoms with E-state index in [4.69, 9.17) is 0 Å². The third-order valence-electron chi connectivity index (χ3n) is 6.23. The summed E-state index contributed by atoms with van der Waals surface area (Å²) in [4.78, 5) is 29.0. The summed E-state index contributed by atoms with van der Waals surface area (Å²) in [5.41, 5.74) is 1.62. The van der Waals surface area contributed by atoms with Gasteiger partial charge < -0.3 is 10.2 Å². The third kappa shape index (κ3) is 9.48. The highest BCUT2D eigenvalue weighted by molar-refractivity contribution is 7.92. The fourth-order valence-electron chi connectivity index (χ4n) is 4.40. The summed E-state index contributed by atoms with van der Waals surface area (Å²) in [5, 5.41) is 3.03. The van der Waals surface area contributed by atoms with Gasteiger partial charge in [0.05, 0.1) is 11.9 Å². The van der Waals surface area contributed by atoms with Crippen molar-refractivity contribution >= 4 is 27.5 Å². The molecule has 0 aliphatic carbocycles. The maximum absolute atomic E-state index is 13.8. The van der Waals surface area contributed by atoms with E-state index < -0.39 is 27.4 Å². The van der Waals surface area contributed by atoms with Crippen LogP contribution in [0.5, 0.6) is 0 Å². The van der Waals surface area contributed by atoms with Gasteiger partial charge in [-0.15, -0.1) is 0 Å². The molecule has 40 heavy (non-hydrogen) atoms. The molecule has 214 valence electrons. The Kier molecular flexibility index (Phi) is 10.5. The van der Waals surface area contributed by atoms with Crippen molar-refractivity contribution in [3.8, 4) is 0 Å². The minimum atomic E-state index is -3.67. The van der Waals surface area contributed by atoms with Gasteiger partial charge in [0.1, 0.15) is 11.9 Å². The van der Waals surface area contributed by atoms with Crippen LogP contribution in [-0.4, -0.2) is 49.5 Å². The van der Waals surface area contributed by atoms with Crippen molar-refractivity contribution in [3.05, 3.63) is 102 Å². The monoisotopic (exact) mass is 567 g/mol. The molecular weight excluding hydrogens is 529 g/mol. The van der Waals surface area contributed by atoms with Gasteiger partial charge >= 0.3 is 0 Å². The van der Waals surface area contributed by atoms with Gasteiger partial charge in [-0.25, -0.2) is 12.8 Å². The van der Waals surface area contributed by atoms with Crippen molar-refractivity contribution in [1.29, 1.82) is 0 Å². The number of carbonyl (C=O) groups excluding carboxylic acids is 2. The molecule has 0 heterocycles. The van der Waals surface area contributed by atoms with E-state index in [1.807, 2.05) is 81.4 Å². The first kappa shape index (κ1) is 30.8. The molecule has 0 fully saturated rings. The van der Waals surface area contributed by atoms with E-state index in [0.717, 1.165) is 21.7 Å². The van der Waals surface area contributed by atoms with Crippen LogP contribution in [0.2, 0.25) is 0 Å². The van der Waals surface area contributed by atoms with E-state index in [0.29, 0.717) is 12.1 Å². The molecule has 0 spiro atoms. The number of benzene rings is 3. The number of amides is 2. The van der Waals surface area contributed by atoms with E-state index in [1.54, 1.807) is 4.90 Å². The summed E-state index contributed by atoms with van der Waals surface area (Å²) in [7, 11) is -3.67. The van der Waals surface area contributed by atoms with Gasteiger partial charge in [0, 0.05) is 31.5 Å². The Labute approximate surface area is 237 Å². The van der Waals surface area contributed by atoms with Crippen molar-refractivity contribution in [2.75, 3.05) is 17.1 Å². The maximum Gasteiger partial charge on any atom is 0.243 e. The van der Waals surface area contributed by atoms with E-state index in [9.17, 15) is 22.4 Å². The lowest BCUT2D eigenvalue weighted by Gasteiger charge is -2.34. The molecule has 1 unspecified atom stereocenters. The molecule has 3 rings (SSSR count). The van der Waals surface area contributed by atoms with Crippen molar-refractivity contribution in [3.63, 3.8) is 0 Å². The van der Waals surface area contributed by atoms with E-state index in [-0.39, 0.29) is 37.7 Å². The molecule has 3 aromatic rings. The van der Waals surface area contributed by atoms with Crippen LogP contribution >= 0.6 is 0 Å². The highest BCUT2D eigenvalue weighted by Crippen LogP contribution is 2.21. The van der Waals surface area contributed by atoms with Crippen molar-refractivity contribution in [2.45, 2.75) is 58.2 Å². The molecule has 1 atom stereocenters. The van der Waals surface area contributed by atoms with Gasteiger partial charge in [-0.3, -0.25) is 13.9 Å². The lowest BCUT2D eigenvalue weighted by molar-refractivity contribution is -0.142. The summed E-state index contributed by atoms with van der Waals surface area (Å²) in [5.74, 6) is -0.993. The molecule has 3 aromatic carbocycles. The molecule has 0 saturated heterocycles. The Morgan fingerprint density at radius 1 is 0.875 bits per heavy atom. The third-order valence-corrected chi connectivity index (χ3v) is 7.43. The average molecular weight is 568 g/mol. The molecule has 0 radical (unpaired) electrons. The van der Waals surface area contributed by atoms with Crippen LogP contribution < -0.4 is 9.62 Å². The Hall–Kier alpha value is -3.72. The molecular formula is C31H38FN3O4S. The van der Waals surface area contributed by atoms with Gasteiger partial charge in [-0.2, -0.15) is 0 Å². The molecule has 9 heteroatoms. The summed E-state index contributed by atoms with van der Waals surface area (Å²) in [6.07, 6.45) is 1.64. The summed E-state index contributed by atoms with van der Waals surface area (Å²) < 4.78 is 39.6. The lowest BCUT2D eigenvalue weighted by atomic mass is 10.00. The number of hydrogen-bond donors (Lipinski definition) is 1. The number of rotatable bonds is 12. The molecule has 0 saturated carbocycles. The topological polar surface area (TPSA) is 86.8 Å². The normalized spacial score (nSPS) is 12.4. The molecule has 0 bridgehead atoms. The van der Waals surface area contributed by atoms with Gasteiger partial charge in [-0.1, -0.05) is 60.7 Å². The summed E-state index contributed by atoms with van der Waals surface area (Å²) in [6.45, 7) is 5.94. The van der Waals surface area contributed by atoms with Gasteiger partial charge in [0.25, 0.3) is 0 Å². The predicted molar refractivity (Wildman–Crippen MR) is 157 cm³/mol. The first-order chi connectivity index (χ1) is 18.8. The van der Waals surface area contributed by atoms with Crippen LogP contribution in [0.1, 0.15) is 44.7 Å². The Bertz CT molecular complexity index is 1360. The second-order valence-electron chi connectivity index (χ2n) is 10.9. The predicted octanol–water partition coefficient (Wildman–Crippen LogP) is 4.93. The van der Waals surface area contributed by atoms with Gasteiger partial charge in [0.15, 0.2) is 0 Å². The zero-order valence-corrected chi connectivity index (χ0v) is 24.3. The molecule has 1 N–H and O–H groups in total. The van der Waals surface area contributed by atoms with Gasteiger partial charge in [0.2, 0.25) is 21.8 Å². The van der Waals surface area contributed by atoms with Gasteiger partial charge in [-0.05, 0) is 62.6 Å². The number of anilines is 1. The molecule has 0 aliphatic heterocycles. The van der Waals surface area contributed by atoms with Crippen LogP contribution in [0.25, 0.3) is 0 Å². The van der Waals surface area contributed by atoms with Crippen LogP contribution in [0.3, 0.4) is 0 Å². The van der Waals surface area contributed by atoms with Crippen LogP contribution in [0.15, 0.2) is 84.9 Å². The Morgan fingerprint density at radius 2 is 1.43 bits per heavy atom. The average Bonchev–Trinajstić information content (AvgIpc) is 2.89. The number of hydrogen-bond acceptors (Lipinski definition) is 4. The molecule has 0 aromatic heterocycles. The van der Waals surface area contributed by atoms with Crippen molar-refractivity contribution in [1.82, 2.24) is 10.2 Å². The Morgan fingerprint density at radius 3 is 1.95 bits per heavy atom. The van der Waals surface area contributed by atoms with Crippen molar-refractivity contribution in [2.24, 2.45) is 0 Å². The zero-order valence-electron chi connectivity index (χ0n) is 23.5. The second kappa shape index (κ2) is 13.6. The Balaban J connectivity index is 1.87. The number of sulfonamides is 1. The first-order valence-electron chi connectivity index (χ1n) is 13.3. The SMILES string of the molecule is CC(C)(C)NC(=O)C(Cc1ccccc1)N(Cc1ccccc1)C(=O)CCCN(c1ccc(F)cc1)S(C)(=O)=O. The fraction of sp³-hybridized carbons (Fsp3) is 0.355. The number of nitrogens with one attached hydrogen (secondary N) is 1. The highest BCUT2D eigenvalue weighted by atomic mass is 32.2.